The van der Waals surface area contributed by atoms with Gasteiger partial charge in [0.15, 0.2) is 0 Å². The van der Waals surface area contributed by atoms with Gasteiger partial charge in [-0.25, -0.2) is 0 Å². The Bertz CT molecular complexity index is 412. The number of benzene rings is 1. The van der Waals surface area contributed by atoms with E-state index in [1.807, 2.05) is 0 Å². The van der Waals surface area contributed by atoms with Gasteiger partial charge in [-0.1, -0.05) is 19.9 Å². The fourth-order valence-electron chi connectivity index (χ4n) is 2.00. The van der Waals surface area contributed by atoms with E-state index in [0.717, 1.165) is 25.2 Å². The molecule has 0 bridgehead atoms. The van der Waals surface area contributed by atoms with E-state index in [-0.39, 0.29) is 0 Å². The Balaban J connectivity index is 2.97. The number of hydrogen-bond acceptors (Lipinski definition) is 1. The maximum absolute atomic E-state index is 5.72. The van der Waals surface area contributed by atoms with E-state index in [1.54, 1.807) is 0 Å². The van der Waals surface area contributed by atoms with Crippen LogP contribution < -0.4 is 4.74 Å². The minimum absolute atomic E-state index is 0.416. The van der Waals surface area contributed by atoms with Gasteiger partial charge in [0.2, 0.25) is 0 Å². The van der Waals surface area contributed by atoms with Gasteiger partial charge < -0.3 is 4.74 Å². The highest BCUT2D eigenvalue weighted by atomic mass is 16.5. The van der Waals surface area contributed by atoms with Gasteiger partial charge >= 0.3 is 0 Å². The summed E-state index contributed by atoms with van der Waals surface area (Å²) < 4.78 is 5.72. The summed E-state index contributed by atoms with van der Waals surface area (Å²) >= 11 is 0. The zero-order valence-corrected chi connectivity index (χ0v) is 11.3. The van der Waals surface area contributed by atoms with Crippen molar-refractivity contribution in [2.24, 2.45) is 0 Å². The Labute approximate surface area is 105 Å². The highest BCUT2D eigenvalue weighted by Crippen LogP contribution is 2.29. The van der Waals surface area contributed by atoms with E-state index < -0.39 is 0 Å². The minimum Gasteiger partial charge on any atom is -0.493 e. The summed E-state index contributed by atoms with van der Waals surface area (Å²) in [5.74, 6) is 4.15. The first-order chi connectivity index (χ1) is 8.10. The molecule has 0 fully saturated rings. The molecule has 0 saturated heterocycles. The molecule has 0 spiro atoms. The predicted molar refractivity (Wildman–Crippen MR) is 73.6 cm³/mol. The van der Waals surface area contributed by atoms with Crippen LogP contribution in [-0.4, -0.2) is 6.61 Å². The summed E-state index contributed by atoms with van der Waals surface area (Å²) in [5, 5.41) is 0. The molecule has 0 aliphatic rings. The normalized spacial score (nSPS) is 11.9. The number of hydrogen-bond donors (Lipinski definition) is 0. The van der Waals surface area contributed by atoms with E-state index in [0.29, 0.717) is 5.92 Å². The molecule has 0 N–H and O–H groups in total. The average molecular weight is 230 g/mol. The lowest BCUT2D eigenvalue weighted by Crippen LogP contribution is -2.01. The third-order valence-electron chi connectivity index (χ3n) is 2.98. The molecule has 0 radical (unpaired) electrons. The summed E-state index contributed by atoms with van der Waals surface area (Å²) in [6, 6.07) is 4.34. The summed E-state index contributed by atoms with van der Waals surface area (Å²) in [4.78, 5) is 0. The van der Waals surface area contributed by atoms with Crippen LogP contribution in [0, 0.1) is 26.2 Å². The van der Waals surface area contributed by atoms with Crippen molar-refractivity contribution in [2.75, 3.05) is 6.61 Å². The molecule has 1 atom stereocenters. The van der Waals surface area contributed by atoms with Crippen LogP contribution in [-0.2, 0) is 0 Å². The number of rotatable bonds is 5. The van der Waals surface area contributed by atoms with Crippen LogP contribution >= 0.6 is 0 Å². The molecule has 1 rings (SSSR count). The predicted octanol–water partition coefficient (Wildman–Crippen LogP) is 4.22. The van der Waals surface area contributed by atoms with Crippen molar-refractivity contribution in [3.63, 3.8) is 0 Å². The molecule has 1 heteroatoms. The maximum Gasteiger partial charge on any atom is 0.122 e. The van der Waals surface area contributed by atoms with E-state index in [2.05, 4.69) is 45.7 Å². The lowest BCUT2D eigenvalue weighted by Gasteiger charge is -2.16. The van der Waals surface area contributed by atoms with Crippen molar-refractivity contribution >= 4 is 0 Å². The summed E-state index contributed by atoms with van der Waals surface area (Å²) in [6.07, 6.45) is 7.20. The molecule has 1 unspecified atom stereocenters. The average Bonchev–Trinajstić information content (AvgIpc) is 2.30. The van der Waals surface area contributed by atoms with Crippen molar-refractivity contribution in [3.8, 4) is 18.1 Å². The molecular formula is C16H22O. The first-order valence-electron chi connectivity index (χ1n) is 6.27. The molecule has 0 heterocycles. The molecule has 1 aromatic carbocycles. The Kier molecular flexibility index (Phi) is 5.10. The maximum atomic E-state index is 5.72. The van der Waals surface area contributed by atoms with Gasteiger partial charge in [-0.05, 0) is 48.9 Å². The van der Waals surface area contributed by atoms with E-state index in [1.165, 1.54) is 16.7 Å². The largest absolute Gasteiger partial charge is 0.493 e. The van der Waals surface area contributed by atoms with Crippen molar-refractivity contribution in [3.05, 3.63) is 28.8 Å². The highest BCUT2D eigenvalue weighted by Gasteiger charge is 2.10. The lowest BCUT2D eigenvalue weighted by atomic mass is 9.92. The quantitative estimate of drug-likeness (QED) is 0.688. The van der Waals surface area contributed by atoms with Crippen LogP contribution in [0.1, 0.15) is 49.3 Å². The smallest absolute Gasteiger partial charge is 0.122 e. The van der Waals surface area contributed by atoms with Crippen LogP contribution in [0.5, 0.6) is 5.75 Å². The number of ether oxygens (including phenoxy) is 1. The molecule has 0 aliphatic carbocycles. The molecular weight excluding hydrogens is 208 g/mol. The fraction of sp³-hybridized carbons (Fsp3) is 0.500. The van der Waals surface area contributed by atoms with Gasteiger partial charge in [0, 0.05) is 6.42 Å². The number of terminal acetylenes is 1. The molecule has 0 aromatic heterocycles. The van der Waals surface area contributed by atoms with Gasteiger partial charge in [0.1, 0.15) is 5.75 Å². The van der Waals surface area contributed by atoms with Crippen molar-refractivity contribution in [2.45, 2.75) is 46.5 Å². The summed E-state index contributed by atoms with van der Waals surface area (Å²) in [6.45, 7) is 9.29. The lowest BCUT2D eigenvalue weighted by molar-refractivity contribution is 0.315. The molecule has 0 aliphatic heterocycles. The third kappa shape index (κ3) is 3.53. The van der Waals surface area contributed by atoms with Crippen molar-refractivity contribution in [1.29, 1.82) is 0 Å². The van der Waals surface area contributed by atoms with Crippen molar-refractivity contribution in [1.82, 2.24) is 0 Å². The molecule has 17 heavy (non-hydrogen) atoms. The zero-order valence-electron chi connectivity index (χ0n) is 11.3. The molecule has 0 saturated carbocycles. The third-order valence-corrected chi connectivity index (χ3v) is 2.98. The van der Waals surface area contributed by atoms with Crippen LogP contribution in [0.4, 0.5) is 0 Å². The highest BCUT2D eigenvalue weighted by molar-refractivity contribution is 5.43. The van der Waals surface area contributed by atoms with Crippen LogP contribution in [0.15, 0.2) is 12.1 Å². The van der Waals surface area contributed by atoms with Crippen molar-refractivity contribution < 1.29 is 4.74 Å². The fourth-order valence-corrected chi connectivity index (χ4v) is 2.00. The Morgan fingerprint density at radius 2 is 2.00 bits per heavy atom. The van der Waals surface area contributed by atoms with E-state index >= 15 is 0 Å². The summed E-state index contributed by atoms with van der Waals surface area (Å²) in [5.41, 5.74) is 3.80. The number of aryl methyl sites for hydroxylation is 2. The molecule has 0 amide bonds. The standard InChI is InChI=1S/C16H22O/c1-6-8-12(3)15-10-14(5)16(11-13(15)4)17-9-7-2/h1,10-12H,7-9H2,2-5H3. The molecule has 1 aromatic rings. The van der Waals surface area contributed by atoms with Crippen LogP contribution in [0.25, 0.3) is 0 Å². The Morgan fingerprint density at radius 1 is 1.29 bits per heavy atom. The van der Waals surface area contributed by atoms with Gasteiger partial charge in [-0.2, -0.15) is 0 Å². The second-order valence-electron chi connectivity index (χ2n) is 4.63. The SMILES string of the molecule is C#CCC(C)c1cc(C)c(OCCC)cc1C. The van der Waals surface area contributed by atoms with E-state index in [9.17, 15) is 0 Å². The Morgan fingerprint density at radius 3 is 2.59 bits per heavy atom. The first kappa shape index (κ1) is 13.6. The van der Waals surface area contributed by atoms with Gasteiger partial charge in [-0.15, -0.1) is 12.3 Å². The molecule has 92 valence electrons. The van der Waals surface area contributed by atoms with Gasteiger partial charge in [0.05, 0.1) is 6.61 Å². The monoisotopic (exact) mass is 230 g/mol. The Hall–Kier alpha value is -1.42. The van der Waals surface area contributed by atoms with Gasteiger partial charge in [-0.3, -0.25) is 0 Å². The first-order valence-corrected chi connectivity index (χ1v) is 6.27. The van der Waals surface area contributed by atoms with Crippen LogP contribution in [0.3, 0.4) is 0 Å². The topological polar surface area (TPSA) is 9.23 Å². The second kappa shape index (κ2) is 6.35. The van der Waals surface area contributed by atoms with E-state index in [4.69, 9.17) is 11.2 Å². The van der Waals surface area contributed by atoms with Gasteiger partial charge in [0.25, 0.3) is 0 Å². The summed E-state index contributed by atoms with van der Waals surface area (Å²) in [7, 11) is 0. The second-order valence-corrected chi connectivity index (χ2v) is 4.63. The zero-order chi connectivity index (χ0) is 12.8. The molecule has 1 nitrogen and oxygen atoms in total. The van der Waals surface area contributed by atoms with Crippen LogP contribution in [0.2, 0.25) is 0 Å². The minimum atomic E-state index is 0.416.